The van der Waals surface area contributed by atoms with Gasteiger partial charge in [0.1, 0.15) is 5.75 Å². The Kier molecular flexibility index (Phi) is 4.83. The SMILES string of the molecule is CC(C)(C)c1cccc(C[C@]2(O)CC[C@H]3[C@@H]4CCc5cc(O)ccc5[C@H]4CC[C@@]32C)c1. The Morgan fingerprint density at radius 3 is 2.58 bits per heavy atom. The summed E-state index contributed by atoms with van der Waals surface area (Å²) in [5.74, 6) is 2.23. The Morgan fingerprint density at radius 1 is 1.00 bits per heavy atom. The van der Waals surface area contributed by atoms with Gasteiger partial charge >= 0.3 is 0 Å². The minimum atomic E-state index is -0.617. The van der Waals surface area contributed by atoms with Crippen LogP contribution in [0.3, 0.4) is 0 Å². The molecule has 2 aromatic carbocycles. The molecule has 3 aliphatic carbocycles. The lowest BCUT2D eigenvalue weighted by Gasteiger charge is -2.53. The van der Waals surface area contributed by atoms with Crippen LogP contribution in [-0.2, 0) is 18.3 Å². The number of fused-ring (bicyclic) bond motifs is 5. The molecule has 2 nitrogen and oxygen atoms in total. The summed E-state index contributed by atoms with van der Waals surface area (Å²) in [4.78, 5) is 0. The Balaban J connectivity index is 1.42. The minimum Gasteiger partial charge on any atom is -0.508 e. The van der Waals surface area contributed by atoms with Crippen molar-refractivity contribution in [3.63, 3.8) is 0 Å². The van der Waals surface area contributed by atoms with Gasteiger partial charge in [0.25, 0.3) is 0 Å². The van der Waals surface area contributed by atoms with Crippen molar-refractivity contribution in [3.8, 4) is 5.75 Å². The number of hydrogen-bond acceptors (Lipinski definition) is 2. The molecular weight excluding hydrogens is 380 g/mol. The third kappa shape index (κ3) is 3.33. The van der Waals surface area contributed by atoms with Crippen LogP contribution in [0.15, 0.2) is 42.5 Å². The van der Waals surface area contributed by atoms with E-state index in [9.17, 15) is 10.2 Å². The highest BCUT2D eigenvalue weighted by atomic mass is 16.3. The first-order valence-corrected chi connectivity index (χ1v) is 12.2. The van der Waals surface area contributed by atoms with Gasteiger partial charge in [-0.15, -0.1) is 0 Å². The number of hydrogen-bond donors (Lipinski definition) is 2. The zero-order chi connectivity index (χ0) is 22.0. The van der Waals surface area contributed by atoms with Gasteiger partial charge in [-0.05, 0) is 101 Å². The van der Waals surface area contributed by atoms with Crippen molar-refractivity contribution in [1.82, 2.24) is 0 Å². The van der Waals surface area contributed by atoms with Gasteiger partial charge in [-0.25, -0.2) is 0 Å². The second-order valence-electron chi connectivity index (χ2n) is 12.0. The van der Waals surface area contributed by atoms with Crippen LogP contribution < -0.4 is 0 Å². The summed E-state index contributed by atoms with van der Waals surface area (Å²) in [6.45, 7) is 9.17. The van der Waals surface area contributed by atoms with E-state index in [1.54, 1.807) is 0 Å². The van der Waals surface area contributed by atoms with Crippen molar-refractivity contribution in [2.45, 2.75) is 89.6 Å². The average Bonchev–Trinajstić information content (AvgIpc) is 2.98. The van der Waals surface area contributed by atoms with Gasteiger partial charge in [0.05, 0.1) is 5.60 Å². The average molecular weight is 419 g/mol. The molecule has 0 saturated heterocycles. The van der Waals surface area contributed by atoms with E-state index in [4.69, 9.17) is 0 Å². The van der Waals surface area contributed by atoms with E-state index in [0.29, 0.717) is 23.5 Å². The molecule has 5 atom stereocenters. The van der Waals surface area contributed by atoms with Crippen LogP contribution >= 0.6 is 0 Å². The number of aromatic hydroxyl groups is 1. The van der Waals surface area contributed by atoms with Crippen molar-refractivity contribution < 1.29 is 10.2 Å². The first-order valence-electron chi connectivity index (χ1n) is 12.2. The van der Waals surface area contributed by atoms with Gasteiger partial charge in [0, 0.05) is 6.42 Å². The topological polar surface area (TPSA) is 40.5 Å². The monoisotopic (exact) mass is 418 g/mol. The maximum atomic E-state index is 12.1. The highest BCUT2D eigenvalue weighted by Crippen LogP contribution is 2.64. The van der Waals surface area contributed by atoms with Crippen molar-refractivity contribution in [1.29, 1.82) is 0 Å². The maximum Gasteiger partial charge on any atom is 0.115 e. The molecule has 0 aliphatic heterocycles. The molecule has 3 aliphatic rings. The summed E-state index contributed by atoms with van der Waals surface area (Å²) >= 11 is 0. The number of aryl methyl sites for hydroxylation is 1. The zero-order valence-electron chi connectivity index (χ0n) is 19.6. The summed E-state index contributed by atoms with van der Waals surface area (Å²) in [7, 11) is 0. The molecule has 0 spiro atoms. The fraction of sp³-hybridized carbons (Fsp3) is 0.586. The highest BCUT2D eigenvalue weighted by molar-refractivity contribution is 5.40. The number of benzene rings is 2. The second kappa shape index (κ2) is 7.10. The Hall–Kier alpha value is -1.80. The molecule has 31 heavy (non-hydrogen) atoms. The molecule has 0 unspecified atom stereocenters. The predicted molar refractivity (Wildman–Crippen MR) is 127 cm³/mol. The summed E-state index contributed by atoms with van der Waals surface area (Å²) in [6, 6.07) is 14.9. The van der Waals surface area contributed by atoms with Gasteiger partial charge in [0.15, 0.2) is 0 Å². The van der Waals surface area contributed by atoms with E-state index in [1.165, 1.54) is 28.7 Å². The molecule has 5 rings (SSSR count). The van der Waals surface area contributed by atoms with Crippen LogP contribution in [0.1, 0.15) is 88.0 Å². The molecule has 0 bridgehead atoms. The lowest BCUT2D eigenvalue weighted by molar-refractivity contribution is -0.102. The zero-order valence-corrected chi connectivity index (χ0v) is 19.6. The Bertz CT molecular complexity index is 986. The van der Waals surface area contributed by atoms with E-state index in [2.05, 4.69) is 58.0 Å². The number of phenols is 1. The van der Waals surface area contributed by atoms with Crippen LogP contribution in [-0.4, -0.2) is 15.8 Å². The first kappa shape index (κ1) is 21.1. The van der Waals surface area contributed by atoms with Crippen LogP contribution in [0.25, 0.3) is 0 Å². The highest BCUT2D eigenvalue weighted by Gasteiger charge is 2.61. The smallest absolute Gasteiger partial charge is 0.115 e. The summed E-state index contributed by atoms with van der Waals surface area (Å²) < 4.78 is 0. The minimum absolute atomic E-state index is 0.0136. The lowest BCUT2D eigenvalue weighted by Crippen LogP contribution is -2.51. The van der Waals surface area contributed by atoms with Crippen molar-refractivity contribution >= 4 is 0 Å². The first-order chi connectivity index (χ1) is 14.6. The normalized spacial score (nSPS) is 34.7. The molecule has 2 heteroatoms. The van der Waals surface area contributed by atoms with Crippen LogP contribution in [0.4, 0.5) is 0 Å². The van der Waals surface area contributed by atoms with E-state index in [-0.39, 0.29) is 10.8 Å². The molecule has 2 N–H and O–H groups in total. The van der Waals surface area contributed by atoms with Gasteiger partial charge in [-0.2, -0.15) is 0 Å². The van der Waals surface area contributed by atoms with Gasteiger partial charge in [-0.1, -0.05) is 58.0 Å². The van der Waals surface area contributed by atoms with Crippen LogP contribution in [0, 0.1) is 17.3 Å². The predicted octanol–water partition coefficient (Wildman–Crippen LogP) is 6.52. The maximum absolute atomic E-state index is 12.1. The van der Waals surface area contributed by atoms with Crippen molar-refractivity contribution in [3.05, 3.63) is 64.7 Å². The fourth-order valence-corrected chi connectivity index (χ4v) is 7.45. The van der Waals surface area contributed by atoms with E-state index in [0.717, 1.165) is 38.5 Å². The molecule has 0 amide bonds. The summed E-state index contributed by atoms with van der Waals surface area (Å²) in [6.07, 6.45) is 7.32. The Morgan fingerprint density at radius 2 is 1.81 bits per heavy atom. The van der Waals surface area contributed by atoms with E-state index >= 15 is 0 Å². The molecular formula is C29H38O2. The Labute approximate surface area is 187 Å². The van der Waals surface area contributed by atoms with Crippen molar-refractivity contribution in [2.24, 2.45) is 17.3 Å². The standard InChI is InChI=1S/C29H38O2/c1-27(2,3)21-7-5-6-19(16-21)18-29(31)15-13-26-25-10-8-20-17-22(30)9-11-23(20)24(25)12-14-28(26,29)4/h5-7,9,11,16-17,24-26,30-31H,8,10,12-15,18H2,1-4H3/t24-,25-,26+,28+,29-/m1/s1. The lowest BCUT2D eigenvalue weighted by atomic mass is 9.53. The molecule has 0 aromatic heterocycles. The molecule has 2 aromatic rings. The number of rotatable bonds is 2. The quantitative estimate of drug-likeness (QED) is 0.583. The molecule has 0 heterocycles. The second-order valence-corrected chi connectivity index (χ2v) is 12.0. The van der Waals surface area contributed by atoms with Gasteiger partial charge in [-0.3, -0.25) is 0 Å². The summed E-state index contributed by atoms with van der Waals surface area (Å²) in [5, 5.41) is 22.0. The van der Waals surface area contributed by atoms with Gasteiger partial charge < -0.3 is 10.2 Å². The van der Waals surface area contributed by atoms with Crippen LogP contribution in [0.2, 0.25) is 0 Å². The van der Waals surface area contributed by atoms with E-state index in [1.807, 2.05) is 12.1 Å². The third-order valence-electron chi connectivity index (χ3n) is 9.32. The fourth-order valence-electron chi connectivity index (χ4n) is 7.45. The van der Waals surface area contributed by atoms with Crippen LogP contribution in [0.5, 0.6) is 5.75 Å². The summed E-state index contributed by atoms with van der Waals surface area (Å²) in [5.41, 5.74) is 4.94. The third-order valence-corrected chi connectivity index (χ3v) is 9.32. The molecule has 2 saturated carbocycles. The largest absolute Gasteiger partial charge is 0.508 e. The van der Waals surface area contributed by atoms with E-state index < -0.39 is 5.60 Å². The number of aliphatic hydroxyl groups is 1. The van der Waals surface area contributed by atoms with Crippen molar-refractivity contribution in [2.75, 3.05) is 0 Å². The van der Waals surface area contributed by atoms with Gasteiger partial charge in [0.2, 0.25) is 0 Å². The molecule has 0 radical (unpaired) electrons. The molecule has 166 valence electrons. The number of phenolic OH excluding ortho intramolecular Hbond substituents is 1. The molecule has 2 fully saturated rings.